The largest absolute Gasteiger partial charge is 0.457 e. The first-order valence-electron chi connectivity index (χ1n) is 19.2. The van der Waals surface area contributed by atoms with E-state index in [1.807, 2.05) is 0 Å². The Bertz CT molecular complexity index is 2200. The van der Waals surface area contributed by atoms with Crippen molar-refractivity contribution >= 4 is 17.1 Å². The van der Waals surface area contributed by atoms with Gasteiger partial charge in [-0.1, -0.05) is 107 Å². The van der Waals surface area contributed by atoms with Crippen molar-refractivity contribution in [3.8, 4) is 22.6 Å². The van der Waals surface area contributed by atoms with Crippen molar-refractivity contribution in [2.75, 3.05) is 4.90 Å². The van der Waals surface area contributed by atoms with Crippen molar-refractivity contribution in [3.05, 3.63) is 138 Å². The highest BCUT2D eigenvalue weighted by atomic mass is 16.5. The average Bonchev–Trinajstić information content (AvgIpc) is 3.66. The summed E-state index contributed by atoms with van der Waals surface area (Å²) in [6, 6.07) is 43.3. The van der Waals surface area contributed by atoms with Gasteiger partial charge in [0.05, 0.1) is 5.69 Å². The van der Waals surface area contributed by atoms with Gasteiger partial charge in [-0.3, -0.25) is 0 Å². The number of hydrogen-bond donors (Lipinski definition) is 0. The summed E-state index contributed by atoms with van der Waals surface area (Å²) in [6.07, 6.45) is 8.04. The molecule has 4 saturated carbocycles. The van der Waals surface area contributed by atoms with Gasteiger partial charge in [-0.2, -0.15) is 0 Å². The molecule has 0 radical (unpaired) electrons. The lowest BCUT2D eigenvalue weighted by molar-refractivity contribution is -0.234. The zero-order valence-corrected chi connectivity index (χ0v) is 29.9. The van der Waals surface area contributed by atoms with Crippen LogP contribution in [0, 0.1) is 29.1 Å². The van der Waals surface area contributed by atoms with Gasteiger partial charge in [0.1, 0.15) is 11.5 Å². The smallest absolute Gasteiger partial charge is 0.133 e. The van der Waals surface area contributed by atoms with E-state index in [0.29, 0.717) is 17.3 Å². The summed E-state index contributed by atoms with van der Waals surface area (Å²) >= 11 is 0. The summed E-state index contributed by atoms with van der Waals surface area (Å²) < 4.78 is 7.19. The first-order valence-corrected chi connectivity index (χ1v) is 19.2. The first kappa shape index (κ1) is 29.4. The first-order chi connectivity index (χ1) is 24.2. The maximum absolute atomic E-state index is 7.19. The quantitative estimate of drug-likeness (QED) is 0.191. The molecule has 4 fully saturated rings. The Morgan fingerprint density at radius 1 is 0.600 bits per heavy atom. The minimum Gasteiger partial charge on any atom is -0.457 e. The average molecular weight is 654 g/mol. The molecule has 1 aliphatic heterocycles. The van der Waals surface area contributed by atoms with Gasteiger partial charge in [0.2, 0.25) is 0 Å². The molecule has 6 unspecified atom stereocenters. The number of nitrogens with zero attached hydrogens (tertiary/aromatic N) is 1. The molecule has 2 heteroatoms. The molecule has 5 aromatic rings. The molecule has 5 aliphatic carbocycles. The van der Waals surface area contributed by atoms with Crippen molar-refractivity contribution < 1.29 is 4.74 Å². The molecule has 50 heavy (non-hydrogen) atoms. The van der Waals surface area contributed by atoms with Gasteiger partial charge >= 0.3 is 0 Å². The van der Waals surface area contributed by atoms with Gasteiger partial charge in [-0.15, -0.1) is 0 Å². The molecule has 0 saturated heterocycles. The van der Waals surface area contributed by atoms with Crippen LogP contribution in [-0.2, 0) is 16.2 Å². The number of hydrogen-bond acceptors (Lipinski definition) is 2. The predicted molar refractivity (Wildman–Crippen MR) is 204 cm³/mol. The molecule has 2 nitrogen and oxygen atoms in total. The van der Waals surface area contributed by atoms with Gasteiger partial charge in [-0.05, 0) is 131 Å². The van der Waals surface area contributed by atoms with Crippen LogP contribution in [0.5, 0.6) is 11.5 Å². The topological polar surface area (TPSA) is 12.5 Å². The van der Waals surface area contributed by atoms with Gasteiger partial charge in [0.15, 0.2) is 0 Å². The van der Waals surface area contributed by atoms with Gasteiger partial charge in [0, 0.05) is 34.0 Å². The lowest BCUT2D eigenvalue weighted by atomic mass is 9.26. The number of rotatable bonds is 4. The second-order valence-electron chi connectivity index (χ2n) is 18.0. The Kier molecular flexibility index (Phi) is 5.72. The highest BCUT2D eigenvalue weighted by Crippen LogP contribution is 2.89. The Morgan fingerprint density at radius 2 is 1.34 bits per heavy atom. The van der Waals surface area contributed by atoms with Crippen molar-refractivity contribution in [2.24, 2.45) is 29.1 Å². The molecule has 1 heterocycles. The van der Waals surface area contributed by atoms with E-state index >= 15 is 0 Å². The molecule has 11 rings (SSSR count). The maximum Gasteiger partial charge on any atom is 0.133 e. The summed E-state index contributed by atoms with van der Waals surface area (Å²) in [6.45, 7) is 9.75. The summed E-state index contributed by atoms with van der Waals surface area (Å²) in [4.78, 5) is 2.52. The third-order valence-corrected chi connectivity index (χ3v) is 15.0. The monoisotopic (exact) mass is 653 g/mol. The van der Waals surface area contributed by atoms with E-state index < -0.39 is 0 Å². The molecule has 6 atom stereocenters. The van der Waals surface area contributed by atoms with Crippen molar-refractivity contribution in [3.63, 3.8) is 0 Å². The lowest BCUT2D eigenvalue weighted by Crippen LogP contribution is -2.74. The van der Waals surface area contributed by atoms with Gasteiger partial charge in [-0.25, -0.2) is 0 Å². The van der Waals surface area contributed by atoms with Crippen LogP contribution in [-0.4, -0.2) is 0 Å². The molecular weight excluding hydrogens is 607 g/mol. The molecule has 0 aromatic heterocycles. The van der Waals surface area contributed by atoms with E-state index in [9.17, 15) is 0 Å². The van der Waals surface area contributed by atoms with Crippen LogP contribution in [0.2, 0.25) is 0 Å². The molecule has 250 valence electrons. The normalized spacial score (nSPS) is 31.0. The Balaban J connectivity index is 1.13. The molecule has 0 N–H and O–H groups in total. The van der Waals surface area contributed by atoms with E-state index in [0.717, 1.165) is 23.3 Å². The molecule has 5 aromatic carbocycles. The summed E-state index contributed by atoms with van der Waals surface area (Å²) in [5, 5.41) is 0. The fraction of sp³-hybridized carbons (Fsp3) is 0.375. The van der Waals surface area contributed by atoms with Crippen LogP contribution in [0.4, 0.5) is 17.1 Å². The van der Waals surface area contributed by atoms with E-state index in [4.69, 9.17) is 4.74 Å². The van der Waals surface area contributed by atoms with E-state index in [2.05, 4.69) is 148 Å². The van der Waals surface area contributed by atoms with Crippen LogP contribution in [0.15, 0.2) is 115 Å². The fourth-order valence-corrected chi connectivity index (χ4v) is 13.1. The Labute approximate surface area is 297 Å². The minimum atomic E-state index is 0.00898. The van der Waals surface area contributed by atoms with Gasteiger partial charge in [0.25, 0.3) is 0 Å². The zero-order chi connectivity index (χ0) is 33.6. The van der Waals surface area contributed by atoms with Crippen molar-refractivity contribution in [1.29, 1.82) is 0 Å². The summed E-state index contributed by atoms with van der Waals surface area (Å²) in [5.74, 6) is 5.37. The minimum absolute atomic E-state index is 0.00898. The summed E-state index contributed by atoms with van der Waals surface area (Å²) in [5.41, 5.74) is 13.0. The van der Waals surface area contributed by atoms with Crippen LogP contribution in [0.1, 0.15) is 88.5 Å². The van der Waals surface area contributed by atoms with Crippen LogP contribution < -0.4 is 9.64 Å². The molecular formula is C48H47NO. The number of anilines is 3. The highest BCUT2D eigenvalue weighted by Gasteiger charge is 2.84. The number of benzene rings is 5. The maximum atomic E-state index is 7.19. The summed E-state index contributed by atoms with van der Waals surface area (Å²) in [7, 11) is 0. The standard InChI is InChI=1S/C48H47NO/c1-45(2)23-24-46(3,4)44-37(45)18-12-19-38(44)49(33-15-9-6-10-16-33)34-21-22-36-40(28-34)50-39-20-11-17-35(31-13-7-5-8-14-31)43(39)48(36)41-26-30-25-32-27-42(48)47(32,41)29-30/h5-22,28,30,32,41-42H,23-27,29H2,1-4H3. The van der Waals surface area contributed by atoms with E-state index in [1.165, 1.54) is 89.0 Å². The van der Waals surface area contributed by atoms with E-state index in [-0.39, 0.29) is 16.2 Å². The second-order valence-corrected chi connectivity index (χ2v) is 18.0. The third kappa shape index (κ3) is 3.51. The fourth-order valence-electron chi connectivity index (χ4n) is 13.1. The van der Waals surface area contributed by atoms with E-state index in [1.54, 1.807) is 0 Å². The predicted octanol–water partition coefficient (Wildman–Crippen LogP) is 12.6. The van der Waals surface area contributed by atoms with Gasteiger partial charge < -0.3 is 9.64 Å². The number of fused-ring (bicyclic) bond motifs is 8. The SMILES string of the molecule is CC1(C)CCC(C)(C)c2c(N(c3ccccc3)c3ccc4c(c3)Oc3cccc(-c5ccccc5)c3C43C4CC5CC6CC3C64C5)cccc21. The molecule has 2 spiro atoms. The van der Waals surface area contributed by atoms with Crippen LogP contribution in [0.25, 0.3) is 11.1 Å². The Morgan fingerprint density at radius 3 is 2.14 bits per heavy atom. The van der Waals surface area contributed by atoms with Crippen LogP contribution in [0.3, 0.4) is 0 Å². The Hall–Kier alpha value is -4.30. The highest BCUT2D eigenvalue weighted by molar-refractivity contribution is 5.83. The molecule has 6 aliphatic rings. The van der Waals surface area contributed by atoms with Crippen molar-refractivity contribution in [1.82, 2.24) is 0 Å². The lowest BCUT2D eigenvalue weighted by Gasteiger charge is -2.77. The second kappa shape index (κ2) is 9.72. The molecule has 2 bridgehead atoms. The van der Waals surface area contributed by atoms with Crippen LogP contribution >= 0.6 is 0 Å². The number of para-hydroxylation sites is 1. The third-order valence-electron chi connectivity index (χ3n) is 15.0. The van der Waals surface area contributed by atoms with Crippen molar-refractivity contribution in [2.45, 2.75) is 82.5 Å². The zero-order valence-electron chi connectivity index (χ0n) is 29.9. The molecule has 0 amide bonds. The number of ether oxygens (including phenoxy) is 1.